The Hall–Kier alpha value is -1.20. The van der Waals surface area contributed by atoms with Gasteiger partial charge in [-0.25, -0.2) is 9.59 Å². The number of rotatable bonds is 2. The van der Waals surface area contributed by atoms with Crippen molar-refractivity contribution in [2.45, 2.75) is 12.5 Å². The quantitative estimate of drug-likeness (QED) is 0.500. The molecule has 0 spiro atoms. The van der Waals surface area contributed by atoms with Crippen LogP contribution in [-0.2, 0) is 14.3 Å². The van der Waals surface area contributed by atoms with Crippen LogP contribution in [0.5, 0.6) is 0 Å². The minimum atomic E-state index is -1.58. The molecule has 0 aromatic carbocycles. The maximum absolute atomic E-state index is 10.1. The van der Waals surface area contributed by atoms with E-state index in [1.54, 1.807) is 0 Å². The molecule has 1 rings (SSSR count). The van der Waals surface area contributed by atoms with Crippen molar-refractivity contribution < 1.29 is 19.4 Å². The van der Waals surface area contributed by atoms with E-state index < -0.39 is 11.5 Å². The van der Waals surface area contributed by atoms with E-state index >= 15 is 0 Å². The Morgan fingerprint density at radius 3 is 2.27 bits per heavy atom. The third-order valence-electron chi connectivity index (χ3n) is 1.67. The number of nitrogens with two attached hydrogens (primary N) is 1. The van der Waals surface area contributed by atoms with Crippen LogP contribution in [0.25, 0.3) is 0 Å². The summed E-state index contributed by atoms with van der Waals surface area (Å²) in [6.45, 7) is 5.04. The lowest BCUT2D eigenvalue weighted by molar-refractivity contribution is -0.140. The van der Waals surface area contributed by atoms with Gasteiger partial charge in [0.15, 0.2) is 0 Å². The van der Waals surface area contributed by atoms with Gasteiger partial charge in [-0.3, -0.25) is 0 Å². The predicted molar refractivity (Wildman–Crippen MR) is 54.2 cm³/mol. The molecule has 15 heavy (non-hydrogen) atoms. The minimum absolute atomic E-state index is 0.759. The number of morpholine rings is 1. The van der Waals surface area contributed by atoms with Crippen molar-refractivity contribution in [1.82, 2.24) is 5.32 Å². The standard InChI is InChI=1S/C5H7NO3.C4H9NO/c1-5(6,2-3-7)4(8)9;1-3-6-4-2-5-1/h2H,6H2,1H3,(H,8,9);5H,1-4H2. The van der Waals surface area contributed by atoms with Gasteiger partial charge in [-0.05, 0) is 6.92 Å². The summed E-state index contributed by atoms with van der Waals surface area (Å²) >= 11 is 0. The normalized spacial score (nSPS) is 18.8. The predicted octanol–water partition coefficient (Wildman–Crippen LogP) is -1.22. The Balaban J connectivity index is 0.000000280. The van der Waals surface area contributed by atoms with Gasteiger partial charge >= 0.3 is 5.97 Å². The molecule has 0 aromatic heterocycles. The number of hydrogen-bond donors (Lipinski definition) is 3. The minimum Gasteiger partial charge on any atom is -0.480 e. The van der Waals surface area contributed by atoms with Crippen LogP contribution in [-0.4, -0.2) is 48.9 Å². The fourth-order valence-electron chi connectivity index (χ4n) is 0.700. The highest BCUT2D eigenvalue weighted by Crippen LogP contribution is 1.97. The van der Waals surface area contributed by atoms with Gasteiger partial charge in [0.1, 0.15) is 11.5 Å². The molecular weight excluding hydrogens is 200 g/mol. The Labute approximate surface area is 88.1 Å². The average Bonchev–Trinajstić information content (AvgIpc) is 2.21. The van der Waals surface area contributed by atoms with Crippen LogP contribution in [0, 0.1) is 0 Å². The first-order chi connectivity index (χ1) is 7.00. The maximum atomic E-state index is 10.1. The molecule has 1 unspecified atom stereocenters. The van der Waals surface area contributed by atoms with Gasteiger partial charge in [0.25, 0.3) is 0 Å². The molecule has 1 fully saturated rings. The largest absolute Gasteiger partial charge is 0.480 e. The van der Waals surface area contributed by atoms with Crippen molar-refractivity contribution in [2.24, 2.45) is 5.73 Å². The Kier molecular flexibility index (Phi) is 6.57. The molecule has 6 heteroatoms. The summed E-state index contributed by atoms with van der Waals surface area (Å²) in [5, 5.41) is 11.4. The zero-order valence-corrected chi connectivity index (χ0v) is 8.66. The molecule has 0 radical (unpaired) electrons. The van der Waals surface area contributed by atoms with Gasteiger partial charge < -0.3 is 20.9 Å². The van der Waals surface area contributed by atoms with E-state index in [9.17, 15) is 9.59 Å². The van der Waals surface area contributed by atoms with E-state index in [0.717, 1.165) is 32.4 Å². The van der Waals surface area contributed by atoms with E-state index in [1.165, 1.54) is 12.9 Å². The lowest BCUT2D eigenvalue weighted by Gasteiger charge is -2.10. The Morgan fingerprint density at radius 1 is 1.60 bits per heavy atom. The molecule has 0 bridgehead atoms. The number of nitrogens with one attached hydrogen (secondary N) is 1. The highest BCUT2D eigenvalue weighted by Gasteiger charge is 2.24. The van der Waals surface area contributed by atoms with Gasteiger partial charge in [0, 0.05) is 19.2 Å². The van der Waals surface area contributed by atoms with Crippen LogP contribution in [0.1, 0.15) is 6.92 Å². The summed E-state index contributed by atoms with van der Waals surface area (Å²) in [6.07, 6.45) is 0.759. The Bertz CT molecular complexity index is 227. The van der Waals surface area contributed by atoms with Gasteiger partial charge in [0.05, 0.1) is 13.2 Å². The molecule has 0 amide bonds. The summed E-state index contributed by atoms with van der Waals surface area (Å²) < 4.78 is 5.01. The van der Waals surface area contributed by atoms with Crippen molar-refractivity contribution in [3.63, 3.8) is 0 Å². The molecule has 0 aromatic rings. The summed E-state index contributed by atoms with van der Waals surface area (Å²) in [5.41, 5.74) is 3.47. The van der Waals surface area contributed by atoms with E-state index in [1.807, 2.05) is 0 Å². The van der Waals surface area contributed by atoms with Crippen LogP contribution >= 0.6 is 0 Å². The summed E-state index contributed by atoms with van der Waals surface area (Å²) in [7, 11) is 0. The van der Waals surface area contributed by atoms with Crippen LogP contribution in [0.15, 0.2) is 6.08 Å². The summed E-state index contributed by atoms with van der Waals surface area (Å²) in [4.78, 5) is 19.7. The van der Waals surface area contributed by atoms with Crippen molar-refractivity contribution in [1.29, 1.82) is 0 Å². The highest BCUT2D eigenvalue weighted by atomic mass is 16.5. The number of carbonyl (C=O) groups excluding carboxylic acids is 1. The van der Waals surface area contributed by atoms with Crippen LogP contribution in [0.2, 0.25) is 0 Å². The first-order valence-corrected chi connectivity index (χ1v) is 4.53. The lowest BCUT2D eigenvalue weighted by Crippen LogP contribution is -2.42. The molecule has 1 atom stereocenters. The molecule has 1 saturated heterocycles. The number of carboxylic acids is 1. The third-order valence-corrected chi connectivity index (χ3v) is 1.67. The van der Waals surface area contributed by atoms with Crippen LogP contribution < -0.4 is 11.1 Å². The molecule has 0 saturated carbocycles. The number of hydrogen-bond acceptors (Lipinski definition) is 5. The number of ether oxygens (including phenoxy) is 1. The number of carbonyl (C=O) groups is 1. The molecule has 1 aliphatic heterocycles. The van der Waals surface area contributed by atoms with Crippen molar-refractivity contribution in [2.75, 3.05) is 26.3 Å². The van der Waals surface area contributed by atoms with Crippen LogP contribution in [0.4, 0.5) is 0 Å². The summed E-state index contributed by atoms with van der Waals surface area (Å²) in [5.74, 6) is 0.0639. The van der Waals surface area contributed by atoms with Crippen LogP contribution in [0.3, 0.4) is 0 Å². The summed E-state index contributed by atoms with van der Waals surface area (Å²) in [6, 6.07) is 0. The number of carboxylic acid groups (broad SMARTS) is 1. The number of aliphatic carboxylic acids is 1. The van der Waals surface area contributed by atoms with E-state index in [4.69, 9.17) is 15.6 Å². The van der Waals surface area contributed by atoms with Gasteiger partial charge in [-0.1, -0.05) is 0 Å². The van der Waals surface area contributed by atoms with E-state index in [-0.39, 0.29) is 0 Å². The molecular formula is C9H16N2O4. The van der Waals surface area contributed by atoms with Crippen molar-refractivity contribution in [3.05, 3.63) is 6.08 Å². The second-order valence-corrected chi connectivity index (χ2v) is 3.21. The first-order valence-electron chi connectivity index (χ1n) is 4.53. The van der Waals surface area contributed by atoms with Crippen molar-refractivity contribution >= 4 is 11.9 Å². The lowest BCUT2D eigenvalue weighted by atomic mass is 10.1. The molecule has 86 valence electrons. The van der Waals surface area contributed by atoms with E-state index in [0.29, 0.717) is 0 Å². The second-order valence-electron chi connectivity index (χ2n) is 3.21. The monoisotopic (exact) mass is 216 g/mol. The third kappa shape index (κ3) is 6.82. The Morgan fingerprint density at radius 2 is 2.13 bits per heavy atom. The smallest absolute Gasteiger partial charge is 0.328 e. The van der Waals surface area contributed by atoms with Gasteiger partial charge in [-0.15, -0.1) is 0 Å². The molecule has 1 aliphatic rings. The first kappa shape index (κ1) is 13.8. The zero-order valence-electron chi connectivity index (χ0n) is 8.66. The van der Waals surface area contributed by atoms with Gasteiger partial charge in [0.2, 0.25) is 0 Å². The maximum Gasteiger partial charge on any atom is 0.328 e. The van der Waals surface area contributed by atoms with Crippen molar-refractivity contribution in [3.8, 4) is 0 Å². The molecule has 4 N–H and O–H groups in total. The fourth-order valence-corrected chi connectivity index (χ4v) is 0.700. The SMILES string of the molecule is C1COCCN1.CC(N)(C=C=O)C(=O)O. The van der Waals surface area contributed by atoms with E-state index in [2.05, 4.69) is 5.32 Å². The molecule has 1 heterocycles. The fraction of sp³-hybridized carbons (Fsp3) is 0.667. The molecule has 0 aliphatic carbocycles. The topological polar surface area (TPSA) is 102 Å². The molecule has 6 nitrogen and oxygen atoms in total. The highest BCUT2D eigenvalue weighted by molar-refractivity contribution is 5.82. The average molecular weight is 216 g/mol. The second kappa shape index (κ2) is 7.14. The van der Waals surface area contributed by atoms with Gasteiger partial charge in [-0.2, -0.15) is 0 Å². The zero-order chi connectivity index (χ0) is 11.7.